The molecule has 0 aromatic carbocycles. The van der Waals surface area contributed by atoms with E-state index in [-0.39, 0.29) is 24.5 Å². The molecule has 5 nitrogen and oxygen atoms in total. The fraction of sp³-hybridized carbons (Fsp3) is 0.714. The minimum Gasteiger partial charge on any atom is -0.396 e. The van der Waals surface area contributed by atoms with Crippen molar-refractivity contribution in [3.63, 3.8) is 0 Å². The van der Waals surface area contributed by atoms with Crippen molar-refractivity contribution in [3.05, 3.63) is 17.5 Å². The van der Waals surface area contributed by atoms with E-state index in [1.54, 1.807) is 10.9 Å². The number of carbonyl (C=O) groups excluding carboxylic acids is 1. The largest absolute Gasteiger partial charge is 0.396 e. The Morgan fingerprint density at radius 2 is 2.26 bits per heavy atom. The van der Waals surface area contributed by atoms with E-state index in [2.05, 4.69) is 10.4 Å². The van der Waals surface area contributed by atoms with Crippen molar-refractivity contribution < 1.29 is 9.90 Å². The van der Waals surface area contributed by atoms with E-state index < -0.39 is 0 Å². The minimum atomic E-state index is -0.0541. The molecule has 2 N–H and O–H groups in total. The second-order valence-corrected chi connectivity index (χ2v) is 5.95. The summed E-state index contributed by atoms with van der Waals surface area (Å²) >= 11 is 0. The number of aryl methyl sites for hydroxylation is 1. The number of amides is 1. The summed E-state index contributed by atoms with van der Waals surface area (Å²) in [5.74, 6) is 1.32. The SMILES string of the molecule is Cc1c(C(=O)NC2C3CCC(C3)C2CO)cnn1C. The number of aliphatic hydroxyl groups is 1. The zero-order valence-electron chi connectivity index (χ0n) is 11.5. The Kier molecular flexibility index (Phi) is 3.09. The van der Waals surface area contributed by atoms with Gasteiger partial charge >= 0.3 is 0 Å². The molecular weight excluding hydrogens is 242 g/mol. The van der Waals surface area contributed by atoms with E-state index in [4.69, 9.17) is 0 Å². The number of hydrogen-bond donors (Lipinski definition) is 2. The molecule has 19 heavy (non-hydrogen) atoms. The number of fused-ring (bicyclic) bond motifs is 2. The molecule has 0 radical (unpaired) electrons. The summed E-state index contributed by atoms with van der Waals surface area (Å²) in [7, 11) is 1.83. The van der Waals surface area contributed by atoms with Gasteiger partial charge in [0.05, 0.1) is 11.8 Å². The van der Waals surface area contributed by atoms with Gasteiger partial charge in [0, 0.05) is 31.3 Å². The average Bonchev–Trinajstić information content (AvgIpc) is 3.06. The topological polar surface area (TPSA) is 67.2 Å². The van der Waals surface area contributed by atoms with Crippen LogP contribution in [-0.4, -0.2) is 33.4 Å². The minimum absolute atomic E-state index is 0.0541. The van der Waals surface area contributed by atoms with Crippen LogP contribution in [0, 0.1) is 24.7 Å². The number of nitrogens with one attached hydrogen (secondary N) is 1. The molecule has 0 spiro atoms. The lowest BCUT2D eigenvalue weighted by atomic mass is 9.85. The van der Waals surface area contributed by atoms with Crippen molar-refractivity contribution in [2.75, 3.05) is 6.61 Å². The zero-order chi connectivity index (χ0) is 13.6. The van der Waals surface area contributed by atoms with Crippen LogP contribution >= 0.6 is 0 Å². The molecule has 1 heterocycles. The number of aromatic nitrogens is 2. The van der Waals surface area contributed by atoms with Gasteiger partial charge in [-0.1, -0.05) is 0 Å². The Labute approximate surface area is 113 Å². The van der Waals surface area contributed by atoms with Crippen molar-refractivity contribution >= 4 is 5.91 Å². The number of rotatable bonds is 3. The van der Waals surface area contributed by atoms with Crippen molar-refractivity contribution in [2.24, 2.45) is 24.8 Å². The van der Waals surface area contributed by atoms with E-state index in [0.29, 0.717) is 17.4 Å². The molecule has 0 aliphatic heterocycles. The van der Waals surface area contributed by atoms with E-state index in [1.165, 1.54) is 12.8 Å². The highest BCUT2D eigenvalue weighted by Gasteiger charge is 2.47. The van der Waals surface area contributed by atoms with Crippen molar-refractivity contribution in [1.82, 2.24) is 15.1 Å². The van der Waals surface area contributed by atoms with E-state index >= 15 is 0 Å². The summed E-state index contributed by atoms with van der Waals surface area (Å²) in [5, 5.41) is 16.8. The lowest BCUT2D eigenvalue weighted by Crippen LogP contribution is -2.45. The van der Waals surface area contributed by atoms with Gasteiger partial charge in [0.1, 0.15) is 0 Å². The van der Waals surface area contributed by atoms with Gasteiger partial charge in [-0.05, 0) is 38.0 Å². The molecule has 1 aromatic rings. The molecule has 104 valence electrons. The molecule has 0 saturated heterocycles. The van der Waals surface area contributed by atoms with Crippen LogP contribution in [0.2, 0.25) is 0 Å². The first kappa shape index (κ1) is 12.7. The van der Waals surface area contributed by atoms with Crippen LogP contribution in [0.15, 0.2) is 6.20 Å². The first-order valence-electron chi connectivity index (χ1n) is 7.02. The number of hydrogen-bond acceptors (Lipinski definition) is 3. The van der Waals surface area contributed by atoms with Gasteiger partial charge in [0.15, 0.2) is 0 Å². The van der Waals surface area contributed by atoms with Gasteiger partial charge in [-0.3, -0.25) is 9.48 Å². The summed E-state index contributed by atoms with van der Waals surface area (Å²) in [6.45, 7) is 2.07. The Balaban J connectivity index is 1.74. The third kappa shape index (κ3) is 1.96. The molecular formula is C14H21N3O2. The summed E-state index contributed by atoms with van der Waals surface area (Å²) in [6, 6.07) is 0.135. The molecule has 1 aromatic heterocycles. The highest BCUT2D eigenvalue weighted by Crippen LogP contribution is 2.48. The van der Waals surface area contributed by atoms with Gasteiger partial charge in [-0.25, -0.2) is 0 Å². The summed E-state index contributed by atoms with van der Waals surface area (Å²) in [6.07, 6.45) is 5.15. The molecule has 1 amide bonds. The molecule has 4 unspecified atom stereocenters. The highest BCUT2D eigenvalue weighted by atomic mass is 16.3. The summed E-state index contributed by atoms with van der Waals surface area (Å²) in [4.78, 5) is 12.3. The van der Waals surface area contributed by atoms with Crippen LogP contribution in [0.4, 0.5) is 0 Å². The highest BCUT2D eigenvalue weighted by molar-refractivity contribution is 5.95. The van der Waals surface area contributed by atoms with Gasteiger partial charge in [0.25, 0.3) is 5.91 Å². The maximum Gasteiger partial charge on any atom is 0.254 e. The smallest absolute Gasteiger partial charge is 0.254 e. The van der Waals surface area contributed by atoms with Gasteiger partial charge in [0.2, 0.25) is 0 Å². The first-order chi connectivity index (χ1) is 9.11. The lowest BCUT2D eigenvalue weighted by Gasteiger charge is -2.30. The quantitative estimate of drug-likeness (QED) is 0.850. The normalized spacial score (nSPS) is 32.8. The van der Waals surface area contributed by atoms with Gasteiger partial charge < -0.3 is 10.4 Å². The third-order valence-electron chi connectivity index (χ3n) is 5.08. The van der Waals surface area contributed by atoms with Crippen LogP contribution in [0.5, 0.6) is 0 Å². The average molecular weight is 263 g/mol. The Bertz CT molecular complexity index is 497. The maximum atomic E-state index is 12.3. The second-order valence-electron chi connectivity index (χ2n) is 5.95. The molecule has 4 atom stereocenters. The van der Waals surface area contributed by atoms with Crippen molar-refractivity contribution in [1.29, 1.82) is 0 Å². The van der Waals surface area contributed by atoms with Crippen LogP contribution < -0.4 is 5.32 Å². The number of carbonyl (C=O) groups is 1. The maximum absolute atomic E-state index is 12.3. The monoisotopic (exact) mass is 263 g/mol. The molecule has 2 fully saturated rings. The summed E-state index contributed by atoms with van der Waals surface area (Å²) < 4.78 is 1.71. The third-order valence-corrected chi connectivity index (χ3v) is 5.08. The fourth-order valence-electron chi connectivity index (χ4n) is 3.85. The molecule has 2 aliphatic carbocycles. The van der Waals surface area contributed by atoms with Crippen molar-refractivity contribution in [3.8, 4) is 0 Å². The van der Waals surface area contributed by atoms with Gasteiger partial charge in [-0.2, -0.15) is 5.10 Å². The predicted molar refractivity (Wildman–Crippen MR) is 70.6 cm³/mol. The Morgan fingerprint density at radius 1 is 1.53 bits per heavy atom. The van der Waals surface area contributed by atoms with Crippen LogP contribution in [0.1, 0.15) is 35.3 Å². The first-order valence-corrected chi connectivity index (χ1v) is 7.02. The Morgan fingerprint density at radius 3 is 2.89 bits per heavy atom. The fourth-order valence-corrected chi connectivity index (χ4v) is 3.85. The molecule has 2 aliphatic rings. The van der Waals surface area contributed by atoms with E-state index in [9.17, 15) is 9.90 Å². The zero-order valence-corrected chi connectivity index (χ0v) is 11.5. The number of aliphatic hydroxyl groups excluding tert-OH is 1. The van der Waals surface area contributed by atoms with Crippen LogP contribution in [0.25, 0.3) is 0 Å². The van der Waals surface area contributed by atoms with Crippen LogP contribution in [0.3, 0.4) is 0 Å². The molecule has 5 heteroatoms. The van der Waals surface area contributed by atoms with E-state index in [0.717, 1.165) is 12.1 Å². The molecule has 2 saturated carbocycles. The Hall–Kier alpha value is -1.36. The number of nitrogens with zero attached hydrogens (tertiary/aromatic N) is 2. The predicted octanol–water partition coefficient (Wildman–Crippen LogP) is 0.865. The lowest BCUT2D eigenvalue weighted by molar-refractivity contribution is 0.0861. The summed E-state index contributed by atoms with van der Waals surface area (Å²) in [5.41, 5.74) is 1.52. The second kappa shape index (κ2) is 4.63. The molecule has 2 bridgehead atoms. The van der Waals surface area contributed by atoms with E-state index in [1.807, 2.05) is 14.0 Å². The molecule has 3 rings (SSSR count). The van der Waals surface area contributed by atoms with Crippen LogP contribution in [-0.2, 0) is 7.05 Å². The standard InChI is InChI=1S/C14H21N3O2/c1-8-11(6-15-17(8)2)14(19)16-13-10-4-3-9(5-10)12(13)7-18/h6,9-10,12-13,18H,3-5,7H2,1-2H3,(H,16,19). The van der Waals surface area contributed by atoms with Gasteiger partial charge in [-0.15, -0.1) is 0 Å². The van der Waals surface area contributed by atoms with Crippen molar-refractivity contribution in [2.45, 2.75) is 32.2 Å².